The summed E-state index contributed by atoms with van der Waals surface area (Å²) in [5.74, 6) is 0.0638. The average Bonchev–Trinajstić information content (AvgIpc) is 2.52. The van der Waals surface area contributed by atoms with E-state index in [-0.39, 0.29) is 11.2 Å². The highest BCUT2D eigenvalue weighted by molar-refractivity contribution is 6.18. The molecule has 0 bridgehead atoms. The van der Waals surface area contributed by atoms with Crippen molar-refractivity contribution in [2.45, 2.75) is 27.3 Å². The van der Waals surface area contributed by atoms with E-state index in [0.717, 1.165) is 28.0 Å². The van der Waals surface area contributed by atoms with Crippen molar-refractivity contribution in [1.82, 2.24) is 0 Å². The van der Waals surface area contributed by atoms with E-state index in [0.29, 0.717) is 6.54 Å². The second-order valence-electron chi connectivity index (χ2n) is 6.86. The Morgan fingerprint density at radius 2 is 1.57 bits per heavy atom. The second kappa shape index (κ2) is 5.96. The average molecular weight is 303 g/mol. The molecule has 1 heterocycles. The zero-order chi connectivity index (χ0) is 16.4. The number of ketones is 1. The number of nitrogens with zero attached hydrogens (tertiary/aromatic N) is 1. The van der Waals surface area contributed by atoms with Gasteiger partial charge in [-0.25, -0.2) is 0 Å². The van der Waals surface area contributed by atoms with Gasteiger partial charge in [0.25, 0.3) is 0 Å². The fourth-order valence-corrected chi connectivity index (χ4v) is 2.84. The maximum atomic E-state index is 12.8. The maximum absolute atomic E-state index is 12.8. The molecule has 2 nitrogen and oxygen atoms in total. The van der Waals surface area contributed by atoms with E-state index in [4.69, 9.17) is 4.99 Å². The predicted molar refractivity (Wildman–Crippen MR) is 95.0 cm³/mol. The van der Waals surface area contributed by atoms with Gasteiger partial charge in [0.05, 0.1) is 12.3 Å². The SMILES string of the molecule is CC(C)(C)C1=CC(=O)c2ccccc2CN=C1c1ccccc1. The van der Waals surface area contributed by atoms with Crippen LogP contribution in [0.1, 0.15) is 42.3 Å². The third-order valence-electron chi connectivity index (χ3n) is 4.08. The van der Waals surface area contributed by atoms with Crippen LogP contribution < -0.4 is 0 Å². The third kappa shape index (κ3) is 3.16. The summed E-state index contributed by atoms with van der Waals surface area (Å²) in [5.41, 5.74) is 4.54. The van der Waals surface area contributed by atoms with Crippen molar-refractivity contribution in [3.63, 3.8) is 0 Å². The molecule has 0 radical (unpaired) electrons. The van der Waals surface area contributed by atoms with Gasteiger partial charge in [0.2, 0.25) is 0 Å². The lowest BCUT2D eigenvalue weighted by atomic mass is 9.79. The highest BCUT2D eigenvalue weighted by atomic mass is 16.1. The topological polar surface area (TPSA) is 29.4 Å². The summed E-state index contributed by atoms with van der Waals surface area (Å²) in [6, 6.07) is 17.8. The number of hydrogen-bond donors (Lipinski definition) is 0. The van der Waals surface area contributed by atoms with Gasteiger partial charge in [-0.2, -0.15) is 0 Å². The van der Waals surface area contributed by atoms with Crippen LogP contribution in [0.4, 0.5) is 0 Å². The Labute approximate surface area is 137 Å². The van der Waals surface area contributed by atoms with Gasteiger partial charge in [0.1, 0.15) is 0 Å². The molecule has 2 aromatic carbocycles. The number of allylic oxidation sites excluding steroid dienone is 2. The van der Waals surface area contributed by atoms with E-state index < -0.39 is 0 Å². The van der Waals surface area contributed by atoms with Crippen molar-refractivity contribution in [3.8, 4) is 0 Å². The maximum Gasteiger partial charge on any atom is 0.186 e. The zero-order valence-electron chi connectivity index (χ0n) is 13.8. The monoisotopic (exact) mass is 303 g/mol. The first kappa shape index (κ1) is 15.4. The van der Waals surface area contributed by atoms with Crippen molar-refractivity contribution >= 4 is 11.5 Å². The Balaban J connectivity index is 2.21. The molecule has 0 amide bonds. The molecule has 0 unspecified atom stereocenters. The van der Waals surface area contributed by atoms with Gasteiger partial charge in [0.15, 0.2) is 5.78 Å². The molecule has 0 aliphatic carbocycles. The van der Waals surface area contributed by atoms with Crippen molar-refractivity contribution in [3.05, 3.63) is 82.9 Å². The van der Waals surface area contributed by atoms with E-state index >= 15 is 0 Å². The number of fused-ring (bicyclic) bond motifs is 1. The summed E-state index contributed by atoms with van der Waals surface area (Å²) in [7, 11) is 0. The fraction of sp³-hybridized carbons (Fsp3) is 0.238. The summed E-state index contributed by atoms with van der Waals surface area (Å²) in [4.78, 5) is 17.6. The van der Waals surface area contributed by atoms with Gasteiger partial charge in [-0.15, -0.1) is 0 Å². The van der Waals surface area contributed by atoms with Gasteiger partial charge in [-0.3, -0.25) is 9.79 Å². The van der Waals surface area contributed by atoms with Crippen LogP contribution in [0.5, 0.6) is 0 Å². The molecule has 0 atom stereocenters. The van der Waals surface area contributed by atoms with Crippen molar-refractivity contribution in [2.75, 3.05) is 0 Å². The molecule has 0 saturated heterocycles. The summed E-state index contributed by atoms with van der Waals surface area (Å²) >= 11 is 0. The van der Waals surface area contributed by atoms with Gasteiger partial charge in [0, 0.05) is 5.56 Å². The van der Waals surface area contributed by atoms with Crippen LogP contribution in [0, 0.1) is 5.41 Å². The van der Waals surface area contributed by atoms with Crippen molar-refractivity contribution < 1.29 is 4.79 Å². The molecular formula is C21H21NO. The number of benzene rings is 2. The predicted octanol–water partition coefficient (Wildman–Crippen LogP) is 4.84. The fourth-order valence-electron chi connectivity index (χ4n) is 2.84. The van der Waals surface area contributed by atoms with E-state index in [1.165, 1.54) is 0 Å². The minimum Gasteiger partial charge on any atom is -0.289 e. The molecule has 0 aromatic heterocycles. The Bertz CT molecular complexity index is 792. The minimum atomic E-state index is -0.156. The lowest BCUT2D eigenvalue weighted by molar-refractivity contribution is 0.104. The molecule has 0 fully saturated rings. The molecule has 2 heteroatoms. The van der Waals surface area contributed by atoms with Crippen molar-refractivity contribution in [1.29, 1.82) is 0 Å². The first-order valence-corrected chi connectivity index (χ1v) is 7.91. The van der Waals surface area contributed by atoms with Crippen molar-refractivity contribution in [2.24, 2.45) is 10.4 Å². The molecule has 116 valence electrons. The molecule has 0 N–H and O–H groups in total. The molecule has 1 aliphatic rings. The number of rotatable bonds is 1. The lowest BCUT2D eigenvalue weighted by Gasteiger charge is -2.26. The molecule has 0 spiro atoms. The molecule has 1 aliphatic heterocycles. The standard InChI is InChI=1S/C21H21NO/c1-21(2,3)18-13-19(23)17-12-8-7-11-16(17)14-22-20(18)15-9-5-4-6-10-15/h4-13H,14H2,1-3H3. The van der Waals surface area contributed by atoms with Crippen LogP contribution in [-0.2, 0) is 6.54 Å². The van der Waals surface area contributed by atoms with Crippen LogP contribution in [0.2, 0.25) is 0 Å². The third-order valence-corrected chi connectivity index (χ3v) is 4.08. The molecule has 3 rings (SSSR count). The van der Waals surface area contributed by atoms with Gasteiger partial charge in [-0.05, 0) is 28.2 Å². The van der Waals surface area contributed by atoms with Gasteiger partial charge < -0.3 is 0 Å². The molecular weight excluding hydrogens is 282 g/mol. The van der Waals surface area contributed by atoms with E-state index in [2.05, 4.69) is 32.9 Å². The summed E-state index contributed by atoms with van der Waals surface area (Å²) in [6.07, 6.45) is 1.77. The second-order valence-corrected chi connectivity index (χ2v) is 6.86. The Hall–Kier alpha value is -2.48. The normalized spacial score (nSPS) is 15.2. The quantitative estimate of drug-likeness (QED) is 0.741. The summed E-state index contributed by atoms with van der Waals surface area (Å²) in [6.45, 7) is 6.90. The summed E-state index contributed by atoms with van der Waals surface area (Å²) in [5, 5.41) is 0. The van der Waals surface area contributed by atoms with Crippen LogP contribution in [0.25, 0.3) is 0 Å². The zero-order valence-corrected chi connectivity index (χ0v) is 13.8. The Morgan fingerprint density at radius 3 is 2.26 bits per heavy atom. The largest absolute Gasteiger partial charge is 0.289 e. The molecule has 2 aromatic rings. The lowest BCUT2D eigenvalue weighted by Crippen LogP contribution is -2.22. The van der Waals surface area contributed by atoms with Crippen LogP contribution in [0.3, 0.4) is 0 Å². The Morgan fingerprint density at radius 1 is 0.913 bits per heavy atom. The van der Waals surface area contributed by atoms with E-state index in [1.54, 1.807) is 6.08 Å². The van der Waals surface area contributed by atoms with E-state index in [9.17, 15) is 4.79 Å². The molecule has 23 heavy (non-hydrogen) atoms. The van der Waals surface area contributed by atoms with Crippen LogP contribution in [0.15, 0.2) is 71.2 Å². The Kier molecular flexibility index (Phi) is 3.99. The number of carbonyl (C=O) groups excluding carboxylic acids is 1. The highest BCUT2D eigenvalue weighted by Crippen LogP contribution is 2.31. The highest BCUT2D eigenvalue weighted by Gasteiger charge is 2.26. The molecule has 0 saturated carbocycles. The van der Waals surface area contributed by atoms with Gasteiger partial charge >= 0.3 is 0 Å². The van der Waals surface area contributed by atoms with Crippen LogP contribution in [-0.4, -0.2) is 11.5 Å². The van der Waals surface area contributed by atoms with Crippen LogP contribution >= 0.6 is 0 Å². The minimum absolute atomic E-state index is 0.0638. The van der Waals surface area contributed by atoms with E-state index in [1.807, 2.05) is 42.5 Å². The number of hydrogen-bond acceptors (Lipinski definition) is 2. The first-order chi connectivity index (χ1) is 11.0. The van der Waals surface area contributed by atoms with Gasteiger partial charge in [-0.1, -0.05) is 75.4 Å². The summed E-state index contributed by atoms with van der Waals surface area (Å²) < 4.78 is 0. The smallest absolute Gasteiger partial charge is 0.186 e. The first-order valence-electron chi connectivity index (χ1n) is 7.91. The number of aliphatic imine (C=N–C) groups is 1. The number of carbonyl (C=O) groups is 1.